The number of likely N-dealkylation sites (N-methyl/N-ethyl adjacent to an activating group) is 1. The molecule has 3 aromatic rings. The molecule has 39 heavy (non-hydrogen) atoms. The van der Waals surface area contributed by atoms with Crippen molar-refractivity contribution < 1.29 is 23.8 Å². The number of hydrogen-bond acceptors (Lipinski definition) is 8. The molecule has 0 bridgehead atoms. The van der Waals surface area contributed by atoms with Gasteiger partial charge in [0.15, 0.2) is 12.0 Å². The Kier molecular flexibility index (Phi) is 6.55. The van der Waals surface area contributed by atoms with Crippen molar-refractivity contribution in [2.75, 3.05) is 7.05 Å². The summed E-state index contributed by atoms with van der Waals surface area (Å²) in [7, 11) is 1.48. The van der Waals surface area contributed by atoms with Crippen LogP contribution < -0.4 is 10.9 Å². The molecule has 204 valence electrons. The summed E-state index contributed by atoms with van der Waals surface area (Å²) in [6.45, 7) is 5.22. The molecule has 1 aliphatic heterocycles. The molecule has 3 heterocycles. The van der Waals surface area contributed by atoms with Gasteiger partial charge in [-0.15, -0.1) is 0 Å². The van der Waals surface area contributed by atoms with Crippen molar-refractivity contribution in [3.05, 3.63) is 75.2 Å². The van der Waals surface area contributed by atoms with Gasteiger partial charge in [0.2, 0.25) is 5.91 Å². The molecular weight excluding hydrogens is 510 g/mol. The Bertz CT molecular complexity index is 1610. The number of carbonyl (C=O) groups is 1. The Morgan fingerprint density at radius 2 is 2.00 bits per heavy atom. The van der Waals surface area contributed by atoms with Crippen molar-refractivity contribution >= 4 is 22.4 Å². The summed E-state index contributed by atoms with van der Waals surface area (Å²) < 4.78 is 29.4. The highest BCUT2D eigenvalue weighted by Gasteiger charge is 2.44. The second-order valence-electron chi connectivity index (χ2n) is 10.7. The molecule has 1 saturated carbocycles. The highest BCUT2D eigenvalue weighted by molar-refractivity contribution is 6.11. The summed E-state index contributed by atoms with van der Waals surface area (Å²) in [6.07, 6.45) is 1.77. The molecule has 1 aliphatic carbocycles. The van der Waals surface area contributed by atoms with E-state index in [0.717, 1.165) is 4.68 Å². The number of amides is 1. The van der Waals surface area contributed by atoms with Crippen LogP contribution in [0.15, 0.2) is 52.3 Å². The van der Waals surface area contributed by atoms with E-state index in [4.69, 9.17) is 0 Å². The van der Waals surface area contributed by atoms with Crippen LogP contribution >= 0.6 is 0 Å². The maximum absolute atomic E-state index is 15.2. The molecule has 2 aromatic heterocycles. The summed E-state index contributed by atoms with van der Waals surface area (Å²) in [5.41, 5.74) is 0.414. The number of aromatic nitrogens is 3. The fourth-order valence-electron chi connectivity index (χ4n) is 4.46. The lowest BCUT2D eigenvalue weighted by atomic mass is 9.86. The first kappa shape index (κ1) is 26.6. The summed E-state index contributed by atoms with van der Waals surface area (Å²) in [5.74, 6) is -2.04. The number of halogens is 2. The largest absolute Gasteiger partial charge is 0.392 e. The quantitative estimate of drug-likeness (QED) is 0.453. The molecule has 10 nitrogen and oxygen atoms in total. The zero-order valence-corrected chi connectivity index (χ0v) is 21.8. The van der Waals surface area contributed by atoms with Gasteiger partial charge < -0.3 is 15.5 Å². The number of aliphatic hydroxyl groups is 2. The Hall–Kier alpha value is -4.03. The van der Waals surface area contributed by atoms with Gasteiger partial charge in [0.05, 0.1) is 35.5 Å². The molecule has 5 rings (SSSR count). The second kappa shape index (κ2) is 9.62. The third kappa shape index (κ3) is 4.81. The Morgan fingerprint density at radius 3 is 2.64 bits per heavy atom. The number of pyridine rings is 1. The van der Waals surface area contributed by atoms with Crippen LogP contribution in [0.2, 0.25) is 0 Å². The van der Waals surface area contributed by atoms with Gasteiger partial charge in [0.1, 0.15) is 12.0 Å². The predicted molar refractivity (Wildman–Crippen MR) is 139 cm³/mol. The maximum Gasteiger partial charge on any atom is 0.283 e. The van der Waals surface area contributed by atoms with Crippen LogP contribution in [0.5, 0.6) is 0 Å². The summed E-state index contributed by atoms with van der Waals surface area (Å²) in [5, 5.41) is 33.3. The SMILES string of the molecule is CN1N=C(c2ccnc(-n3ncc4cc(C(C)(C)C)cc(F)c4c3=O)c2CO)C=C(NC(=O)[C@@H]2C[C@@H]2F)C1O. The zero-order valence-electron chi connectivity index (χ0n) is 21.8. The minimum atomic E-state index is -1.29. The maximum atomic E-state index is 15.2. The van der Waals surface area contributed by atoms with E-state index in [1.54, 1.807) is 6.07 Å². The van der Waals surface area contributed by atoms with Crippen LogP contribution in [-0.4, -0.2) is 61.1 Å². The fourth-order valence-corrected chi connectivity index (χ4v) is 4.46. The number of nitrogens with one attached hydrogen (secondary N) is 1. The molecule has 1 aromatic carbocycles. The average Bonchev–Trinajstić information content (AvgIpc) is 3.62. The molecule has 1 fully saturated rings. The number of fused-ring (bicyclic) bond motifs is 1. The van der Waals surface area contributed by atoms with E-state index in [1.807, 2.05) is 20.8 Å². The van der Waals surface area contributed by atoms with Gasteiger partial charge in [0.25, 0.3) is 5.56 Å². The lowest BCUT2D eigenvalue weighted by Gasteiger charge is -2.28. The molecule has 0 saturated heterocycles. The van der Waals surface area contributed by atoms with Crippen molar-refractivity contribution in [2.24, 2.45) is 11.0 Å². The minimum Gasteiger partial charge on any atom is -0.392 e. The van der Waals surface area contributed by atoms with Gasteiger partial charge in [-0.25, -0.2) is 13.8 Å². The first-order valence-electron chi connectivity index (χ1n) is 12.4. The number of allylic oxidation sites excluding steroid dienone is 1. The predicted octanol–water partition coefficient (Wildman–Crippen LogP) is 2.04. The lowest BCUT2D eigenvalue weighted by molar-refractivity contribution is -0.122. The third-order valence-corrected chi connectivity index (χ3v) is 6.88. The average molecular weight is 539 g/mol. The van der Waals surface area contributed by atoms with Gasteiger partial charge in [-0.2, -0.15) is 14.9 Å². The number of nitrogens with zero attached hydrogens (tertiary/aromatic N) is 5. The van der Waals surface area contributed by atoms with E-state index >= 15 is 4.39 Å². The molecule has 0 spiro atoms. The molecule has 0 radical (unpaired) electrons. The minimum absolute atomic E-state index is 0.0325. The number of alkyl halides is 1. The summed E-state index contributed by atoms with van der Waals surface area (Å²) in [6, 6.07) is 4.59. The highest BCUT2D eigenvalue weighted by atomic mass is 19.1. The number of hydrogen-bond donors (Lipinski definition) is 3. The molecular formula is C27H28F2N6O4. The van der Waals surface area contributed by atoms with Crippen LogP contribution in [-0.2, 0) is 16.8 Å². The summed E-state index contributed by atoms with van der Waals surface area (Å²) >= 11 is 0. The number of hydrazone groups is 1. The van der Waals surface area contributed by atoms with E-state index in [0.29, 0.717) is 16.5 Å². The molecule has 1 unspecified atom stereocenters. The lowest BCUT2D eigenvalue weighted by Crippen LogP contribution is -2.41. The van der Waals surface area contributed by atoms with Gasteiger partial charge in [-0.1, -0.05) is 20.8 Å². The Balaban J connectivity index is 1.59. The van der Waals surface area contributed by atoms with Crippen LogP contribution in [0.1, 0.15) is 43.9 Å². The van der Waals surface area contributed by atoms with Crippen molar-refractivity contribution in [1.82, 2.24) is 25.1 Å². The monoisotopic (exact) mass is 538 g/mol. The molecule has 1 amide bonds. The number of aliphatic hydroxyl groups excluding tert-OH is 2. The van der Waals surface area contributed by atoms with Crippen molar-refractivity contribution in [3.63, 3.8) is 0 Å². The van der Waals surface area contributed by atoms with E-state index < -0.39 is 42.2 Å². The molecule has 3 atom stereocenters. The van der Waals surface area contributed by atoms with Gasteiger partial charge in [-0.05, 0) is 41.7 Å². The first-order chi connectivity index (χ1) is 18.4. The van der Waals surface area contributed by atoms with Crippen molar-refractivity contribution in [2.45, 2.75) is 51.6 Å². The summed E-state index contributed by atoms with van der Waals surface area (Å²) in [4.78, 5) is 29.9. The van der Waals surface area contributed by atoms with Gasteiger partial charge >= 0.3 is 0 Å². The molecule has 12 heteroatoms. The fraction of sp³-hybridized carbons (Fsp3) is 0.370. The number of benzene rings is 1. The molecule has 3 N–H and O–H groups in total. The third-order valence-electron chi connectivity index (χ3n) is 6.88. The second-order valence-corrected chi connectivity index (χ2v) is 10.7. The molecule has 2 aliphatic rings. The van der Waals surface area contributed by atoms with E-state index in [2.05, 4.69) is 20.5 Å². The van der Waals surface area contributed by atoms with E-state index in [-0.39, 0.29) is 40.0 Å². The smallest absolute Gasteiger partial charge is 0.283 e. The van der Waals surface area contributed by atoms with Crippen LogP contribution in [0.4, 0.5) is 8.78 Å². The first-order valence-corrected chi connectivity index (χ1v) is 12.4. The zero-order chi connectivity index (χ0) is 28.2. The van der Waals surface area contributed by atoms with Crippen LogP contribution in [0, 0.1) is 11.7 Å². The normalized spacial score (nSPS) is 21.0. The number of carbonyl (C=O) groups excluding carboxylic acids is 1. The topological polar surface area (TPSA) is 133 Å². The van der Waals surface area contributed by atoms with Crippen LogP contribution in [0.3, 0.4) is 0 Å². The van der Waals surface area contributed by atoms with Crippen molar-refractivity contribution in [3.8, 4) is 5.82 Å². The van der Waals surface area contributed by atoms with Crippen LogP contribution in [0.25, 0.3) is 16.6 Å². The van der Waals surface area contributed by atoms with Gasteiger partial charge in [-0.3, -0.25) is 14.6 Å². The standard InChI is InChI=1S/C27H28F2N6O4/c1-27(2,3)14-7-13-11-31-35(26(39)22(13)19(29)8-14)23-17(12-36)15(5-6-30-23)20-10-21(25(38)34(4)33-20)32-24(37)16-9-18(16)28/h5-8,10-11,16,18,25,36,38H,9,12H2,1-4H3,(H,32,37)/t16-,18+,25?/m1/s1. The highest BCUT2D eigenvalue weighted by Crippen LogP contribution is 2.34. The van der Waals surface area contributed by atoms with Gasteiger partial charge in [0, 0.05) is 29.8 Å². The van der Waals surface area contributed by atoms with Crippen molar-refractivity contribution in [1.29, 1.82) is 0 Å². The van der Waals surface area contributed by atoms with E-state index in [9.17, 15) is 24.2 Å². The Labute approximate surface area is 222 Å². The van der Waals surface area contributed by atoms with E-state index in [1.165, 1.54) is 42.7 Å². The Morgan fingerprint density at radius 1 is 1.28 bits per heavy atom. The number of rotatable bonds is 5.